The third-order valence-electron chi connectivity index (χ3n) is 2.87. The Balaban J connectivity index is 2.04. The van der Waals surface area contributed by atoms with Crippen molar-refractivity contribution in [3.63, 3.8) is 0 Å². The summed E-state index contributed by atoms with van der Waals surface area (Å²) in [4.78, 5) is 23.2. The predicted molar refractivity (Wildman–Crippen MR) is 70.7 cm³/mol. The van der Waals surface area contributed by atoms with Crippen molar-refractivity contribution in [1.29, 1.82) is 0 Å². The first-order chi connectivity index (χ1) is 10.9. The van der Waals surface area contributed by atoms with Gasteiger partial charge in [-0.05, 0) is 17.3 Å². The van der Waals surface area contributed by atoms with Gasteiger partial charge in [0.2, 0.25) is 5.75 Å². The van der Waals surface area contributed by atoms with Crippen LogP contribution in [0.2, 0.25) is 0 Å². The number of hydrogen-bond acceptors (Lipinski definition) is 6. The highest BCUT2D eigenvalue weighted by molar-refractivity contribution is 5.84. The van der Waals surface area contributed by atoms with Gasteiger partial charge in [-0.15, -0.1) is 0 Å². The van der Waals surface area contributed by atoms with Crippen molar-refractivity contribution in [2.75, 3.05) is 0 Å². The Kier molecular flexibility index (Phi) is 4.94. The number of aromatic nitrogens is 4. The quantitative estimate of drug-likeness (QED) is 0.820. The van der Waals surface area contributed by atoms with E-state index in [-0.39, 0.29) is 13.0 Å². The zero-order valence-electron chi connectivity index (χ0n) is 11.9. The zero-order chi connectivity index (χ0) is 17.0. The van der Waals surface area contributed by atoms with E-state index in [0.717, 1.165) is 16.9 Å². The number of carboxylic acids is 1. The van der Waals surface area contributed by atoms with Crippen molar-refractivity contribution < 1.29 is 28.2 Å². The highest BCUT2D eigenvalue weighted by Gasteiger charge is 2.19. The average molecular weight is 326 g/mol. The lowest BCUT2D eigenvalue weighted by molar-refractivity contribution is -0.140. The van der Waals surface area contributed by atoms with E-state index in [4.69, 9.17) is 9.84 Å². The van der Waals surface area contributed by atoms with Crippen molar-refractivity contribution in [2.45, 2.75) is 19.9 Å². The summed E-state index contributed by atoms with van der Waals surface area (Å²) in [5, 5.41) is 19.2. The minimum absolute atomic E-state index is 0.322. The van der Waals surface area contributed by atoms with Crippen LogP contribution in [0.3, 0.4) is 0 Å². The summed E-state index contributed by atoms with van der Waals surface area (Å²) in [6, 6.07) is 2.73. The molecule has 0 saturated heterocycles. The van der Waals surface area contributed by atoms with Crippen molar-refractivity contribution in [3.8, 4) is 11.8 Å². The molecule has 0 amide bonds. The molecule has 0 fully saturated rings. The number of ketones is 1. The molecule has 8 nitrogen and oxygen atoms in total. The van der Waals surface area contributed by atoms with Gasteiger partial charge in [-0.1, -0.05) is 23.2 Å². The number of ether oxygens (including phenoxy) is 1. The average Bonchev–Trinajstić information content (AvgIpc) is 2.89. The standard InChI is InChI=1S/C13H12F2N4O4/c1-7(5-11(21)22)10(20)6-19-17-13(16-18-19)23-12-8(14)3-2-4-9(12)15/h2-4,7H,5-6H2,1H3,(H,21,22). The van der Waals surface area contributed by atoms with Gasteiger partial charge in [0.15, 0.2) is 17.4 Å². The Morgan fingerprint density at radius 2 is 2.00 bits per heavy atom. The van der Waals surface area contributed by atoms with E-state index in [0.29, 0.717) is 0 Å². The fraction of sp³-hybridized carbons (Fsp3) is 0.308. The smallest absolute Gasteiger partial charge is 0.361 e. The van der Waals surface area contributed by atoms with Crippen LogP contribution >= 0.6 is 0 Å². The molecule has 10 heteroatoms. The number of carbonyl (C=O) groups is 2. The maximum Gasteiger partial charge on any atom is 0.361 e. The monoisotopic (exact) mass is 326 g/mol. The fourth-order valence-corrected chi connectivity index (χ4v) is 1.68. The summed E-state index contributed by atoms with van der Waals surface area (Å²) >= 11 is 0. The number of nitrogens with zero attached hydrogens (tertiary/aromatic N) is 4. The van der Waals surface area contributed by atoms with Gasteiger partial charge in [-0.25, -0.2) is 8.78 Å². The molecule has 2 aromatic rings. The second kappa shape index (κ2) is 6.90. The molecule has 1 unspecified atom stereocenters. The summed E-state index contributed by atoms with van der Waals surface area (Å²) in [6.45, 7) is 1.13. The lowest BCUT2D eigenvalue weighted by atomic mass is 10.0. The maximum absolute atomic E-state index is 13.4. The van der Waals surface area contributed by atoms with Gasteiger partial charge >= 0.3 is 12.0 Å². The summed E-state index contributed by atoms with van der Waals surface area (Å²) in [6.07, 6.45) is -0.322. The van der Waals surface area contributed by atoms with Crippen LogP contribution in [-0.2, 0) is 16.1 Å². The molecule has 0 aliphatic carbocycles. The number of carboxylic acid groups (broad SMARTS) is 1. The van der Waals surface area contributed by atoms with E-state index in [2.05, 4.69) is 15.4 Å². The highest BCUT2D eigenvalue weighted by Crippen LogP contribution is 2.24. The Hall–Kier alpha value is -2.91. The van der Waals surface area contributed by atoms with Crippen LogP contribution in [0.25, 0.3) is 0 Å². The maximum atomic E-state index is 13.4. The number of tetrazole rings is 1. The van der Waals surface area contributed by atoms with Gasteiger partial charge < -0.3 is 9.84 Å². The molecule has 0 aliphatic rings. The van der Waals surface area contributed by atoms with Gasteiger partial charge in [0.05, 0.1) is 6.42 Å². The van der Waals surface area contributed by atoms with Crippen LogP contribution in [0.4, 0.5) is 8.78 Å². The van der Waals surface area contributed by atoms with E-state index in [1.165, 1.54) is 13.0 Å². The van der Waals surface area contributed by atoms with Crippen LogP contribution in [0.5, 0.6) is 11.8 Å². The first-order valence-corrected chi connectivity index (χ1v) is 6.51. The van der Waals surface area contributed by atoms with E-state index >= 15 is 0 Å². The van der Waals surface area contributed by atoms with Crippen LogP contribution < -0.4 is 4.74 Å². The lowest BCUT2D eigenvalue weighted by Gasteiger charge is -2.06. The molecule has 0 aliphatic heterocycles. The molecule has 23 heavy (non-hydrogen) atoms. The number of halogens is 2. The molecule has 0 saturated carbocycles. The second-order valence-electron chi connectivity index (χ2n) is 4.72. The van der Waals surface area contributed by atoms with Crippen LogP contribution in [0.1, 0.15) is 13.3 Å². The number of aliphatic carboxylic acids is 1. The Labute approximate surface area is 128 Å². The summed E-state index contributed by atoms with van der Waals surface area (Å²) in [5.41, 5.74) is 0. The van der Waals surface area contributed by atoms with Gasteiger partial charge in [0.25, 0.3) is 0 Å². The highest BCUT2D eigenvalue weighted by atomic mass is 19.1. The topological polar surface area (TPSA) is 107 Å². The number of benzene rings is 1. The van der Waals surface area contributed by atoms with Crippen LogP contribution in [0.15, 0.2) is 18.2 Å². The third kappa shape index (κ3) is 4.28. The zero-order valence-corrected chi connectivity index (χ0v) is 11.9. The third-order valence-corrected chi connectivity index (χ3v) is 2.87. The van der Waals surface area contributed by atoms with Crippen molar-refractivity contribution >= 4 is 11.8 Å². The van der Waals surface area contributed by atoms with Gasteiger partial charge in [0, 0.05) is 5.92 Å². The van der Waals surface area contributed by atoms with Crippen molar-refractivity contribution in [3.05, 3.63) is 29.8 Å². The van der Waals surface area contributed by atoms with Crippen LogP contribution in [0, 0.1) is 17.6 Å². The minimum Gasteiger partial charge on any atom is -0.481 e. The first kappa shape index (κ1) is 16.5. The van der Waals surface area contributed by atoms with Crippen LogP contribution in [-0.4, -0.2) is 37.1 Å². The molecule has 122 valence electrons. The van der Waals surface area contributed by atoms with Crippen molar-refractivity contribution in [2.24, 2.45) is 5.92 Å². The molecule has 1 atom stereocenters. The SMILES string of the molecule is CC(CC(=O)O)C(=O)Cn1nnc(Oc2c(F)cccc2F)n1. The number of Topliss-reactive ketones (excluding diaryl/α,β-unsaturated/α-hetero) is 1. The largest absolute Gasteiger partial charge is 0.481 e. The van der Waals surface area contributed by atoms with E-state index in [1.54, 1.807) is 0 Å². The molecule has 0 bridgehead atoms. The summed E-state index contributed by atoms with van der Waals surface area (Å²) < 4.78 is 31.7. The van der Waals surface area contributed by atoms with Crippen molar-refractivity contribution in [1.82, 2.24) is 20.2 Å². The molecule has 0 radical (unpaired) electrons. The number of hydrogen-bond donors (Lipinski definition) is 1. The first-order valence-electron chi connectivity index (χ1n) is 6.51. The fourth-order valence-electron chi connectivity index (χ4n) is 1.68. The van der Waals surface area contributed by atoms with Gasteiger partial charge in [-0.3, -0.25) is 9.59 Å². The van der Waals surface area contributed by atoms with Gasteiger partial charge in [-0.2, -0.15) is 4.80 Å². The molecule has 1 N–H and O–H groups in total. The number of rotatable bonds is 7. The Bertz CT molecular complexity index is 714. The Morgan fingerprint density at radius 1 is 1.35 bits per heavy atom. The molecular weight excluding hydrogens is 314 g/mol. The van der Waals surface area contributed by atoms with E-state index in [9.17, 15) is 18.4 Å². The molecule has 1 aromatic heterocycles. The molecule has 2 rings (SSSR count). The summed E-state index contributed by atoms with van der Waals surface area (Å²) in [7, 11) is 0. The molecule has 1 aromatic carbocycles. The number of para-hydroxylation sites is 1. The molecule has 0 spiro atoms. The Morgan fingerprint density at radius 3 is 2.61 bits per heavy atom. The normalized spacial score (nSPS) is 12.0. The lowest BCUT2D eigenvalue weighted by Crippen LogP contribution is -2.21. The van der Waals surface area contributed by atoms with E-state index in [1.807, 2.05) is 0 Å². The van der Waals surface area contributed by atoms with Gasteiger partial charge in [0.1, 0.15) is 6.54 Å². The second-order valence-corrected chi connectivity index (χ2v) is 4.72. The van der Waals surface area contributed by atoms with E-state index < -0.39 is 41.1 Å². The molecular formula is C13H12F2N4O4. The number of carbonyl (C=O) groups excluding carboxylic acids is 1. The minimum atomic E-state index is -1.10. The predicted octanol–water partition coefficient (Wildman–Crippen LogP) is 1.42. The molecule has 1 heterocycles. The summed E-state index contributed by atoms with van der Waals surface area (Å²) in [5.74, 6) is -4.81.